The summed E-state index contributed by atoms with van der Waals surface area (Å²) in [5.41, 5.74) is 4.02. The van der Waals surface area contributed by atoms with E-state index < -0.39 is 5.60 Å². The van der Waals surface area contributed by atoms with Crippen molar-refractivity contribution in [1.29, 1.82) is 0 Å². The third-order valence-corrected chi connectivity index (χ3v) is 8.27. The SMILES string of the molecule is CC(C)(C)OC(=O)N1CCC(CCN2C[C@@H]3CC[C@H]2Cc2ccccc2C3)(c2ccccc2)C1. The third kappa shape index (κ3) is 5.02. The molecule has 2 aromatic carbocycles. The highest BCUT2D eigenvalue weighted by Gasteiger charge is 2.43. The summed E-state index contributed by atoms with van der Waals surface area (Å²) in [4.78, 5) is 17.6. The summed E-state index contributed by atoms with van der Waals surface area (Å²) in [7, 11) is 0. The Morgan fingerprint density at radius 3 is 2.44 bits per heavy atom. The molecule has 3 aliphatic heterocycles. The molecule has 2 saturated heterocycles. The summed E-state index contributed by atoms with van der Waals surface area (Å²) in [6, 6.07) is 20.6. The molecule has 4 aliphatic rings. The number of amides is 1. The molecule has 182 valence electrons. The number of piperidine rings is 1. The van der Waals surface area contributed by atoms with Gasteiger partial charge in [-0.25, -0.2) is 4.79 Å². The quantitative estimate of drug-likeness (QED) is 0.575. The van der Waals surface area contributed by atoms with E-state index in [0.29, 0.717) is 6.04 Å². The van der Waals surface area contributed by atoms with Crippen LogP contribution in [0.5, 0.6) is 0 Å². The molecule has 1 amide bonds. The first-order chi connectivity index (χ1) is 16.3. The van der Waals surface area contributed by atoms with E-state index >= 15 is 0 Å². The molecule has 0 radical (unpaired) electrons. The van der Waals surface area contributed by atoms with Gasteiger partial charge in [0.25, 0.3) is 0 Å². The average Bonchev–Trinajstić information content (AvgIpc) is 3.23. The van der Waals surface area contributed by atoms with Crippen molar-refractivity contribution in [3.05, 3.63) is 71.3 Å². The Hall–Kier alpha value is -2.33. The van der Waals surface area contributed by atoms with Crippen molar-refractivity contribution in [3.63, 3.8) is 0 Å². The van der Waals surface area contributed by atoms with Crippen LogP contribution in [0.25, 0.3) is 0 Å². The first-order valence-electron chi connectivity index (χ1n) is 13.2. The van der Waals surface area contributed by atoms with Gasteiger partial charge < -0.3 is 9.64 Å². The second-order valence-electron chi connectivity index (χ2n) is 11.8. The van der Waals surface area contributed by atoms with Crippen LogP contribution in [0.15, 0.2) is 54.6 Å². The van der Waals surface area contributed by atoms with Crippen molar-refractivity contribution in [1.82, 2.24) is 9.80 Å². The lowest BCUT2D eigenvalue weighted by molar-refractivity contribution is 0.0279. The third-order valence-electron chi connectivity index (χ3n) is 8.27. The van der Waals surface area contributed by atoms with Crippen molar-refractivity contribution < 1.29 is 9.53 Å². The highest BCUT2D eigenvalue weighted by Crippen LogP contribution is 2.40. The minimum absolute atomic E-state index is 0.00230. The molecule has 0 aromatic heterocycles. The zero-order valence-electron chi connectivity index (χ0n) is 21.1. The number of carbonyl (C=O) groups excluding carboxylic acids is 1. The molecule has 2 fully saturated rings. The Balaban J connectivity index is 1.33. The molecular formula is C30H40N2O2. The van der Waals surface area contributed by atoms with Gasteiger partial charge in [0, 0.05) is 31.1 Å². The van der Waals surface area contributed by atoms with Crippen LogP contribution in [0.4, 0.5) is 4.79 Å². The molecule has 2 aromatic rings. The highest BCUT2D eigenvalue weighted by molar-refractivity contribution is 5.69. The lowest BCUT2D eigenvalue weighted by Gasteiger charge is -2.44. The zero-order chi connectivity index (χ0) is 23.8. The normalized spacial score (nSPS) is 27.2. The summed E-state index contributed by atoms with van der Waals surface area (Å²) in [6.07, 6.45) is 6.96. The van der Waals surface area contributed by atoms with E-state index in [1.54, 1.807) is 11.1 Å². The summed E-state index contributed by atoms with van der Waals surface area (Å²) < 4.78 is 5.73. The summed E-state index contributed by atoms with van der Waals surface area (Å²) in [6.45, 7) is 9.65. The fraction of sp³-hybridized carbons (Fsp3) is 0.567. The molecule has 2 bridgehead atoms. The molecule has 6 rings (SSSR count). The lowest BCUT2D eigenvalue weighted by Crippen LogP contribution is -2.48. The Labute approximate surface area is 205 Å². The van der Waals surface area contributed by atoms with E-state index in [4.69, 9.17) is 4.74 Å². The van der Waals surface area contributed by atoms with Gasteiger partial charge in [0.1, 0.15) is 5.60 Å². The van der Waals surface area contributed by atoms with Crippen molar-refractivity contribution >= 4 is 6.09 Å². The van der Waals surface area contributed by atoms with Crippen LogP contribution < -0.4 is 0 Å². The fourth-order valence-electron chi connectivity index (χ4n) is 6.46. The molecule has 4 nitrogen and oxygen atoms in total. The van der Waals surface area contributed by atoms with Crippen LogP contribution in [0.3, 0.4) is 0 Å². The van der Waals surface area contributed by atoms with Gasteiger partial charge >= 0.3 is 6.09 Å². The number of nitrogens with zero attached hydrogens (tertiary/aromatic N) is 2. The Bertz CT molecular complexity index is 998. The molecule has 4 heteroatoms. The van der Waals surface area contributed by atoms with Crippen LogP contribution in [0, 0.1) is 5.92 Å². The molecule has 34 heavy (non-hydrogen) atoms. The molecule has 3 heterocycles. The minimum atomic E-state index is -0.463. The van der Waals surface area contributed by atoms with Crippen molar-refractivity contribution in [3.8, 4) is 0 Å². The molecule has 1 aliphatic carbocycles. The van der Waals surface area contributed by atoms with Crippen LogP contribution >= 0.6 is 0 Å². The van der Waals surface area contributed by atoms with Gasteiger partial charge in [0.2, 0.25) is 0 Å². The number of likely N-dealkylation sites (tertiary alicyclic amines) is 1. The number of rotatable bonds is 4. The number of fused-ring (bicyclic) bond motifs is 2. The van der Waals surface area contributed by atoms with Crippen LogP contribution in [-0.4, -0.2) is 53.7 Å². The van der Waals surface area contributed by atoms with Crippen LogP contribution in [0.2, 0.25) is 0 Å². The van der Waals surface area contributed by atoms with Gasteiger partial charge in [0.05, 0.1) is 0 Å². The monoisotopic (exact) mass is 460 g/mol. The number of benzene rings is 2. The number of hydrogen-bond acceptors (Lipinski definition) is 3. The van der Waals surface area contributed by atoms with E-state index in [-0.39, 0.29) is 11.5 Å². The van der Waals surface area contributed by atoms with Crippen molar-refractivity contribution in [2.45, 2.75) is 76.4 Å². The maximum Gasteiger partial charge on any atom is 0.410 e. The zero-order valence-corrected chi connectivity index (χ0v) is 21.1. The maximum atomic E-state index is 12.9. The van der Waals surface area contributed by atoms with E-state index in [1.165, 1.54) is 37.8 Å². The van der Waals surface area contributed by atoms with Gasteiger partial charge in [0.15, 0.2) is 0 Å². The smallest absolute Gasteiger partial charge is 0.410 e. The van der Waals surface area contributed by atoms with Gasteiger partial charge in [-0.3, -0.25) is 4.90 Å². The number of hydrogen-bond donors (Lipinski definition) is 0. The fourth-order valence-corrected chi connectivity index (χ4v) is 6.46. The van der Waals surface area contributed by atoms with E-state index in [2.05, 4.69) is 59.5 Å². The Morgan fingerprint density at radius 1 is 1.00 bits per heavy atom. The largest absolute Gasteiger partial charge is 0.444 e. The molecule has 0 N–H and O–H groups in total. The second-order valence-corrected chi connectivity index (χ2v) is 11.8. The van der Waals surface area contributed by atoms with E-state index in [0.717, 1.165) is 38.4 Å². The standard InChI is InChI=1S/C30H40N2O2/c1-29(2,3)34-28(33)32-18-16-30(22-32,26-11-5-4-6-12-26)15-17-31-21-23-13-14-27(31)20-25-10-8-7-9-24(25)19-23/h4-12,23,27H,13-22H2,1-3H3/t23-,27+,30?/m1/s1. The Morgan fingerprint density at radius 2 is 1.71 bits per heavy atom. The topological polar surface area (TPSA) is 32.8 Å². The van der Waals surface area contributed by atoms with Gasteiger partial charge in [-0.2, -0.15) is 0 Å². The minimum Gasteiger partial charge on any atom is -0.444 e. The highest BCUT2D eigenvalue weighted by atomic mass is 16.6. The summed E-state index contributed by atoms with van der Waals surface area (Å²) in [5, 5.41) is 0. The van der Waals surface area contributed by atoms with Gasteiger partial charge in [-0.15, -0.1) is 0 Å². The number of ether oxygens (including phenoxy) is 1. The second kappa shape index (κ2) is 9.37. The predicted octanol–water partition coefficient (Wildman–Crippen LogP) is 5.83. The van der Waals surface area contributed by atoms with E-state index in [1.807, 2.05) is 25.7 Å². The molecular weight excluding hydrogens is 420 g/mol. The maximum absolute atomic E-state index is 12.9. The molecule has 0 saturated carbocycles. The summed E-state index contributed by atoms with van der Waals surface area (Å²) >= 11 is 0. The first kappa shape index (κ1) is 23.4. The lowest BCUT2D eigenvalue weighted by atomic mass is 9.75. The predicted molar refractivity (Wildman–Crippen MR) is 137 cm³/mol. The van der Waals surface area contributed by atoms with Crippen LogP contribution in [0.1, 0.15) is 63.1 Å². The van der Waals surface area contributed by atoms with Crippen LogP contribution in [-0.2, 0) is 23.0 Å². The summed E-state index contributed by atoms with van der Waals surface area (Å²) in [5.74, 6) is 0.757. The van der Waals surface area contributed by atoms with Gasteiger partial charge in [-0.1, -0.05) is 54.6 Å². The molecule has 3 atom stereocenters. The average molecular weight is 461 g/mol. The van der Waals surface area contributed by atoms with Gasteiger partial charge in [-0.05, 0) is 88.4 Å². The van der Waals surface area contributed by atoms with E-state index in [9.17, 15) is 4.79 Å². The first-order valence-corrected chi connectivity index (χ1v) is 13.2. The molecule has 0 spiro atoms. The Kier molecular flexibility index (Phi) is 6.45. The molecule has 1 unspecified atom stereocenters. The number of carbonyl (C=O) groups is 1. The van der Waals surface area contributed by atoms with Crippen molar-refractivity contribution in [2.24, 2.45) is 5.92 Å². The van der Waals surface area contributed by atoms with Crippen molar-refractivity contribution in [2.75, 3.05) is 26.2 Å².